The summed E-state index contributed by atoms with van der Waals surface area (Å²) in [6.45, 7) is 4.17. The van der Waals surface area contributed by atoms with Crippen LogP contribution in [0, 0.1) is 19.8 Å². The monoisotopic (exact) mass is 331 g/mol. The van der Waals surface area contributed by atoms with Crippen molar-refractivity contribution in [3.8, 4) is 0 Å². The summed E-state index contributed by atoms with van der Waals surface area (Å²) >= 11 is 0. The van der Waals surface area contributed by atoms with Crippen molar-refractivity contribution in [3.05, 3.63) is 41.1 Å². The van der Waals surface area contributed by atoms with Gasteiger partial charge in [-0.1, -0.05) is 0 Å². The van der Waals surface area contributed by atoms with E-state index in [1.54, 1.807) is 21.7 Å². The topological polar surface area (TPSA) is 88.6 Å². The second-order valence-corrected chi connectivity index (χ2v) is 6.24. The van der Waals surface area contributed by atoms with E-state index in [-0.39, 0.29) is 12.3 Å². The summed E-state index contributed by atoms with van der Waals surface area (Å²) < 4.78 is 7.23. The number of carboxylic acids is 1. The number of likely N-dealkylation sites (tertiary alicyclic amines) is 1. The lowest BCUT2D eigenvalue weighted by Crippen LogP contribution is -2.44. The van der Waals surface area contributed by atoms with E-state index < -0.39 is 17.9 Å². The van der Waals surface area contributed by atoms with E-state index >= 15 is 0 Å². The number of piperidine rings is 1. The third-order valence-corrected chi connectivity index (χ3v) is 4.85. The van der Waals surface area contributed by atoms with Crippen molar-refractivity contribution in [1.29, 1.82) is 0 Å². The number of aryl methyl sites for hydroxylation is 2. The van der Waals surface area contributed by atoms with Crippen LogP contribution in [0.1, 0.15) is 41.6 Å². The Labute approximate surface area is 139 Å². The van der Waals surface area contributed by atoms with Crippen molar-refractivity contribution in [2.75, 3.05) is 0 Å². The molecule has 7 heteroatoms. The van der Waals surface area contributed by atoms with Gasteiger partial charge in [-0.25, -0.2) is 0 Å². The average molecular weight is 331 g/mol. The number of aromatic nitrogens is 2. The minimum absolute atomic E-state index is 0.0587. The maximum Gasteiger partial charge on any atom is 0.309 e. The van der Waals surface area contributed by atoms with Gasteiger partial charge in [0.15, 0.2) is 0 Å². The first-order chi connectivity index (χ1) is 11.4. The van der Waals surface area contributed by atoms with Crippen LogP contribution in [0.3, 0.4) is 0 Å². The van der Waals surface area contributed by atoms with E-state index in [1.807, 2.05) is 20.9 Å². The van der Waals surface area contributed by atoms with E-state index in [0.29, 0.717) is 18.7 Å². The molecule has 128 valence electrons. The zero-order valence-electron chi connectivity index (χ0n) is 14.0. The van der Waals surface area contributed by atoms with Gasteiger partial charge in [-0.15, -0.1) is 0 Å². The number of carbonyl (C=O) groups excluding carboxylic acids is 1. The van der Waals surface area contributed by atoms with Crippen LogP contribution < -0.4 is 0 Å². The van der Waals surface area contributed by atoms with Gasteiger partial charge in [0.1, 0.15) is 11.8 Å². The zero-order chi connectivity index (χ0) is 17.4. The number of rotatable bonds is 4. The summed E-state index contributed by atoms with van der Waals surface area (Å²) in [5, 5.41) is 14.0. The molecule has 24 heavy (non-hydrogen) atoms. The molecule has 0 aliphatic carbocycles. The van der Waals surface area contributed by atoms with Crippen molar-refractivity contribution in [1.82, 2.24) is 14.7 Å². The Bertz CT molecular complexity index is 763. The first-order valence-corrected chi connectivity index (χ1v) is 7.95. The second kappa shape index (κ2) is 6.14. The van der Waals surface area contributed by atoms with Gasteiger partial charge in [0.2, 0.25) is 5.91 Å². The lowest BCUT2D eigenvalue weighted by Gasteiger charge is -2.38. The summed E-state index contributed by atoms with van der Waals surface area (Å²) in [6.07, 6.45) is 2.06. The molecule has 2 aromatic heterocycles. The Morgan fingerprint density at radius 1 is 1.46 bits per heavy atom. The van der Waals surface area contributed by atoms with E-state index in [1.165, 1.54) is 6.26 Å². The van der Waals surface area contributed by atoms with Gasteiger partial charge in [-0.3, -0.25) is 14.3 Å². The summed E-state index contributed by atoms with van der Waals surface area (Å²) in [6, 6.07) is 2.85. The molecule has 2 aromatic rings. The Balaban J connectivity index is 2.01. The van der Waals surface area contributed by atoms with Crippen LogP contribution >= 0.6 is 0 Å². The summed E-state index contributed by atoms with van der Waals surface area (Å²) in [5.41, 5.74) is 2.77. The smallest absolute Gasteiger partial charge is 0.309 e. The van der Waals surface area contributed by atoms with Gasteiger partial charge in [-0.2, -0.15) is 5.10 Å². The quantitative estimate of drug-likeness (QED) is 0.928. The molecule has 2 atom stereocenters. The Kier molecular flexibility index (Phi) is 4.17. The number of hydrogen-bond acceptors (Lipinski definition) is 4. The van der Waals surface area contributed by atoms with Crippen molar-refractivity contribution < 1.29 is 19.1 Å². The Morgan fingerprint density at radius 3 is 2.75 bits per heavy atom. The highest BCUT2D eigenvalue weighted by molar-refractivity contribution is 5.81. The van der Waals surface area contributed by atoms with Gasteiger partial charge in [-0.05, 0) is 32.4 Å². The number of aliphatic carboxylic acids is 1. The van der Waals surface area contributed by atoms with Gasteiger partial charge >= 0.3 is 5.97 Å². The molecule has 0 aromatic carbocycles. The van der Waals surface area contributed by atoms with Crippen LogP contribution in [0.4, 0.5) is 0 Å². The van der Waals surface area contributed by atoms with E-state index in [9.17, 15) is 14.7 Å². The molecule has 1 N–H and O–H groups in total. The maximum atomic E-state index is 12.6. The standard InChI is InChI=1S/C17H21N3O4/c1-10-13(11(2)19(3)18-10)9-20-15(21)7-6-12(17(22)23)16(20)14-5-4-8-24-14/h4-5,8,12,16H,6-7,9H2,1-3H3,(H,22,23)/t12-,16+/m0/s1. The molecule has 3 heterocycles. The normalized spacial score (nSPS) is 21.3. The number of amides is 1. The van der Waals surface area contributed by atoms with Crippen molar-refractivity contribution in [2.45, 2.75) is 39.3 Å². The first-order valence-electron chi connectivity index (χ1n) is 7.95. The molecule has 0 spiro atoms. The van der Waals surface area contributed by atoms with Gasteiger partial charge in [0, 0.05) is 24.7 Å². The highest BCUT2D eigenvalue weighted by atomic mass is 16.4. The summed E-state index contributed by atoms with van der Waals surface area (Å²) in [5.74, 6) is -1.13. The maximum absolute atomic E-state index is 12.6. The van der Waals surface area contributed by atoms with Crippen LogP contribution in [0.25, 0.3) is 0 Å². The summed E-state index contributed by atoms with van der Waals surface area (Å²) in [7, 11) is 1.86. The lowest BCUT2D eigenvalue weighted by atomic mass is 9.86. The highest BCUT2D eigenvalue weighted by Crippen LogP contribution is 2.38. The molecule has 0 bridgehead atoms. The fourth-order valence-corrected chi connectivity index (χ4v) is 3.43. The minimum Gasteiger partial charge on any atom is -0.481 e. The van der Waals surface area contributed by atoms with E-state index in [0.717, 1.165) is 17.0 Å². The zero-order valence-corrected chi connectivity index (χ0v) is 14.0. The van der Waals surface area contributed by atoms with Crippen LogP contribution in [0.5, 0.6) is 0 Å². The van der Waals surface area contributed by atoms with Gasteiger partial charge in [0.25, 0.3) is 0 Å². The van der Waals surface area contributed by atoms with Crippen LogP contribution in [0.2, 0.25) is 0 Å². The molecule has 3 rings (SSSR count). The van der Waals surface area contributed by atoms with Crippen molar-refractivity contribution in [2.24, 2.45) is 13.0 Å². The number of nitrogens with zero attached hydrogens (tertiary/aromatic N) is 3. The van der Waals surface area contributed by atoms with Crippen LogP contribution in [0.15, 0.2) is 22.8 Å². The SMILES string of the molecule is Cc1nn(C)c(C)c1CN1C(=O)CC[C@H](C(=O)O)[C@@H]1c1ccco1. The molecule has 1 fully saturated rings. The summed E-state index contributed by atoms with van der Waals surface area (Å²) in [4.78, 5) is 25.9. The third kappa shape index (κ3) is 2.70. The Morgan fingerprint density at radius 2 is 2.21 bits per heavy atom. The predicted octanol–water partition coefficient (Wildman–Crippen LogP) is 2.19. The molecule has 1 saturated heterocycles. The fraction of sp³-hybridized carbons (Fsp3) is 0.471. The fourth-order valence-electron chi connectivity index (χ4n) is 3.43. The number of furan rings is 1. The molecule has 0 radical (unpaired) electrons. The van der Waals surface area contributed by atoms with E-state index in [4.69, 9.17) is 4.42 Å². The van der Waals surface area contributed by atoms with Gasteiger partial charge in [0.05, 0.1) is 24.4 Å². The molecule has 1 aliphatic heterocycles. The Hall–Kier alpha value is -2.57. The number of carbonyl (C=O) groups is 2. The molecular weight excluding hydrogens is 310 g/mol. The predicted molar refractivity (Wildman–Crippen MR) is 85.0 cm³/mol. The lowest BCUT2D eigenvalue weighted by molar-refractivity contribution is -0.153. The molecule has 0 unspecified atom stereocenters. The first kappa shape index (κ1) is 16.3. The second-order valence-electron chi connectivity index (χ2n) is 6.24. The van der Waals surface area contributed by atoms with Gasteiger partial charge < -0.3 is 14.4 Å². The van der Waals surface area contributed by atoms with E-state index in [2.05, 4.69) is 5.10 Å². The molecule has 7 nitrogen and oxygen atoms in total. The van der Waals surface area contributed by atoms with Crippen molar-refractivity contribution in [3.63, 3.8) is 0 Å². The van der Waals surface area contributed by atoms with Crippen LogP contribution in [-0.2, 0) is 23.2 Å². The number of carboxylic acid groups (broad SMARTS) is 1. The third-order valence-electron chi connectivity index (χ3n) is 4.85. The minimum atomic E-state index is -0.909. The molecule has 1 aliphatic rings. The largest absolute Gasteiger partial charge is 0.481 e. The molecular formula is C17H21N3O4. The average Bonchev–Trinajstić information content (AvgIpc) is 3.13. The number of hydrogen-bond donors (Lipinski definition) is 1. The molecule has 0 saturated carbocycles. The molecule has 1 amide bonds. The highest BCUT2D eigenvalue weighted by Gasteiger charge is 2.42. The van der Waals surface area contributed by atoms with Crippen molar-refractivity contribution >= 4 is 11.9 Å². The van der Waals surface area contributed by atoms with Crippen LogP contribution in [-0.4, -0.2) is 31.7 Å².